The van der Waals surface area contributed by atoms with Gasteiger partial charge >= 0.3 is 0 Å². The van der Waals surface area contributed by atoms with Gasteiger partial charge in [0.25, 0.3) is 15.9 Å². The second-order valence-electron chi connectivity index (χ2n) is 4.65. The fourth-order valence-corrected chi connectivity index (χ4v) is 4.35. The van der Waals surface area contributed by atoms with Crippen molar-refractivity contribution in [2.45, 2.75) is 18.7 Å². The van der Waals surface area contributed by atoms with E-state index in [-0.39, 0.29) is 33.1 Å². The first-order chi connectivity index (χ1) is 10.7. The van der Waals surface area contributed by atoms with Gasteiger partial charge in [-0.1, -0.05) is 29.3 Å². The molecule has 23 heavy (non-hydrogen) atoms. The number of pyridine rings is 1. The van der Waals surface area contributed by atoms with E-state index in [9.17, 15) is 13.2 Å². The highest BCUT2D eigenvalue weighted by molar-refractivity contribution is 7.89. The summed E-state index contributed by atoms with van der Waals surface area (Å²) in [6.07, 6.45) is 0. The number of amides is 1. The molecule has 2 heterocycles. The van der Waals surface area contributed by atoms with Crippen molar-refractivity contribution in [3.63, 3.8) is 0 Å². The average molecular weight is 377 g/mol. The third-order valence-corrected chi connectivity index (χ3v) is 5.86. The Morgan fingerprint density at radius 1 is 1.35 bits per heavy atom. The fourth-order valence-electron chi connectivity index (χ4n) is 2.09. The van der Waals surface area contributed by atoms with Gasteiger partial charge in [-0.15, -0.1) is 0 Å². The largest absolute Gasteiger partial charge is 0.286 e. The van der Waals surface area contributed by atoms with Gasteiger partial charge < -0.3 is 0 Å². The Kier molecular flexibility index (Phi) is 4.98. The number of aryl methyl sites for hydroxylation is 2. The van der Waals surface area contributed by atoms with Gasteiger partial charge in [-0.05, 0) is 26.0 Å². The van der Waals surface area contributed by atoms with Crippen molar-refractivity contribution in [2.24, 2.45) is 7.05 Å². The molecule has 0 unspecified atom stereocenters. The minimum atomic E-state index is -4.17. The molecule has 0 bridgehead atoms. The quantitative estimate of drug-likeness (QED) is 0.764. The first-order valence-electron chi connectivity index (χ1n) is 6.58. The summed E-state index contributed by atoms with van der Waals surface area (Å²) in [4.78, 5) is 16.2. The normalized spacial score (nSPS) is 11.5. The monoisotopic (exact) mass is 376 g/mol. The molecule has 124 valence electrons. The molecule has 1 amide bonds. The fraction of sp³-hybridized carbons (Fsp3) is 0.308. The van der Waals surface area contributed by atoms with Crippen LogP contribution in [0.2, 0.25) is 10.3 Å². The highest BCUT2D eigenvalue weighted by atomic mass is 35.5. The Hall–Kier alpha value is -1.64. The van der Waals surface area contributed by atoms with Gasteiger partial charge in [0.2, 0.25) is 0 Å². The van der Waals surface area contributed by atoms with Crippen molar-refractivity contribution in [1.29, 1.82) is 0 Å². The molecule has 0 radical (unpaired) electrons. The first-order valence-corrected chi connectivity index (χ1v) is 8.78. The number of rotatable bonds is 4. The molecule has 0 aliphatic carbocycles. The lowest BCUT2D eigenvalue weighted by Gasteiger charge is -2.20. The van der Waals surface area contributed by atoms with E-state index in [4.69, 9.17) is 23.2 Å². The maximum atomic E-state index is 12.8. The van der Waals surface area contributed by atoms with Gasteiger partial charge in [0.05, 0.1) is 5.69 Å². The van der Waals surface area contributed by atoms with Crippen LogP contribution >= 0.6 is 23.2 Å². The zero-order valence-corrected chi connectivity index (χ0v) is 14.9. The Morgan fingerprint density at radius 3 is 2.48 bits per heavy atom. The second-order valence-corrected chi connectivity index (χ2v) is 7.19. The maximum absolute atomic E-state index is 12.8. The summed E-state index contributed by atoms with van der Waals surface area (Å²) >= 11 is 11.8. The molecule has 0 saturated heterocycles. The molecule has 0 fully saturated rings. The molecule has 2 rings (SSSR count). The van der Waals surface area contributed by atoms with Crippen LogP contribution in [0.15, 0.2) is 23.1 Å². The third kappa shape index (κ3) is 3.19. The van der Waals surface area contributed by atoms with E-state index in [0.717, 1.165) is 0 Å². The molecule has 10 heteroatoms. The van der Waals surface area contributed by atoms with Gasteiger partial charge in [-0.3, -0.25) is 9.48 Å². The predicted molar refractivity (Wildman–Crippen MR) is 86.1 cm³/mol. The number of carbonyl (C=O) groups excluding carboxylic acids is 1. The highest BCUT2D eigenvalue weighted by Crippen LogP contribution is 2.28. The molecule has 2 aromatic heterocycles. The molecule has 7 nitrogen and oxygen atoms in total. The molecule has 0 atom stereocenters. The number of sulfonamides is 1. The van der Waals surface area contributed by atoms with Crippen molar-refractivity contribution in [2.75, 3.05) is 6.54 Å². The van der Waals surface area contributed by atoms with Crippen molar-refractivity contribution in [3.05, 3.63) is 39.9 Å². The van der Waals surface area contributed by atoms with Crippen LogP contribution in [0.1, 0.15) is 23.1 Å². The molecule has 0 saturated carbocycles. The molecular weight excluding hydrogens is 363 g/mol. The van der Waals surface area contributed by atoms with Gasteiger partial charge in [-0.25, -0.2) is 17.7 Å². The smallest absolute Gasteiger partial charge is 0.266 e. The summed E-state index contributed by atoms with van der Waals surface area (Å²) in [5.41, 5.74) is 0.142. The molecular formula is C13H14Cl2N4O3S. The van der Waals surface area contributed by atoms with E-state index in [1.54, 1.807) is 6.92 Å². The third-order valence-electron chi connectivity index (χ3n) is 3.10. The van der Waals surface area contributed by atoms with Crippen LogP contribution in [-0.2, 0) is 17.1 Å². The van der Waals surface area contributed by atoms with Gasteiger partial charge in [0.1, 0.15) is 20.9 Å². The molecule has 0 spiro atoms. The second kappa shape index (κ2) is 6.46. The molecule has 0 aliphatic rings. The summed E-state index contributed by atoms with van der Waals surface area (Å²) in [7, 11) is -2.65. The lowest BCUT2D eigenvalue weighted by molar-refractivity contribution is 0.0861. The Labute approximate surface area is 143 Å². The van der Waals surface area contributed by atoms with Crippen LogP contribution in [0.4, 0.5) is 0 Å². The number of aromatic nitrogens is 3. The maximum Gasteiger partial charge on any atom is 0.286 e. The average Bonchev–Trinajstić information content (AvgIpc) is 2.72. The van der Waals surface area contributed by atoms with Crippen molar-refractivity contribution < 1.29 is 13.2 Å². The van der Waals surface area contributed by atoms with Crippen LogP contribution < -0.4 is 0 Å². The first kappa shape index (κ1) is 17.7. The highest BCUT2D eigenvalue weighted by Gasteiger charge is 2.34. The SMILES string of the molecule is CCN(C(=O)c1cccc(Cl)n1)S(=O)(=O)c1c(C)nn(C)c1Cl. The topological polar surface area (TPSA) is 85.2 Å². The molecule has 2 aromatic rings. The van der Waals surface area contributed by atoms with Crippen LogP contribution in [0.5, 0.6) is 0 Å². The summed E-state index contributed by atoms with van der Waals surface area (Å²) in [5, 5.41) is 4.01. The van der Waals surface area contributed by atoms with E-state index >= 15 is 0 Å². The lowest BCUT2D eigenvalue weighted by atomic mass is 10.3. The van der Waals surface area contributed by atoms with Crippen LogP contribution in [0.3, 0.4) is 0 Å². The lowest BCUT2D eigenvalue weighted by Crippen LogP contribution is -2.37. The summed E-state index contributed by atoms with van der Waals surface area (Å²) in [6.45, 7) is 2.97. The van der Waals surface area contributed by atoms with Crippen LogP contribution in [-0.4, -0.2) is 39.9 Å². The summed E-state index contributed by atoms with van der Waals surface area (Å²) < 4.78 is 27.6. The Morgan fingerprint density at radius 2 is 2.00 bits per heavy atom. The van der Waals surface area contributed by atoms with Crippen LogP contribution in [0.25, 0.3) is 0 Å². The van der Waals surface area contributed by atoms with E-state index < -0.39 is 15.9 Å². The molecule has 0 N–H and O–H groups in total. The Bertz CT molecular complexity index is 864. The zero-order chi connectivity index (χ0) is 17.4. The van der Waals surface area contributed by atoms with Gasteiger partial charge in [0, 0.05) is 13.6 Å². The van der Waals surface area contributed by atoms with E-state index in [0.29, 0.717) is 4.31 Å². The minimum absolute atomic E-state index is 0.0622. The molecule has 0 aromatic carbocycles. The van der Waals surface area contributed by atoms with Crippen molar-refractivity contribution in [1.82, 2.24) is 19.1 Å². The van der Waals surface area contributed by atoms with Crippen molar-refractivity contribution >= 4 is 39.1 Å². The zero-order valence-electron chi connectivity index (χ0n) is 12.6. The predicted octanol–water partition coefficient (Wildman–Crippen LogP) is 2.28. The number of nitrogens with zero attached hydrogens (tertiary/aromatic N) is 4. The Balaban J connectivity index is 2.53. The van der Waals surface area contributed by atoms with Crippen molar-refractivity contribution in [3.8, 4) is 0 Å². The van der Waals surface area contributed by atoms with Gasteiger partial charge in [-0.2, -0.15) is 5.10 Å². The molecule has 0 aliphatic heterocycles. The van der Waals surface area contributed by atoms with E-state index in [2.05, 4.69) is 10.1 Å². The van der Waals surface area contributed by atoms with E-state index in [1.807, 2.05) is 0 Å². The number of hydrogen-bond donors (Lipinski definition) is 0. The number of hydrogen-bond acceptors (Lipinski definition) is 5. The standard InChI is InChI=1S/C13H14Cl2N4O3S/c1-4-19(13(20)9-6-5-7-10(14)16-9)23(21,22)11-8(2)17-18(3)12(11)15/h5-7H,4H2,1-3H3. The summed E-state index contributed by atoms with van der Waals surface area (Å²) in [6, 6.07) is 4.40. The van der Waals surface area contributed by atoms with Gasteiger partial charge in [0.15, 0.2) is 0 Å². The number of halogens is 2. The van der Waals surface area contributed by atoms with Crippen LogP contribution in [0, 0.1) is 6.92 Å². The van der Waals surface area contributed by atoms with E-state index in [1.165, 1.54) is 36.9 Å². The number of carbonyl (C=O) groups is 1. The minimum Gasteiger partial charge on any atom is -0.266 e. The summed E-state index contributed by atoms with van der Waals surface area (Å²) in [5.74, 6) is -0.783.